The Hall–Kier alpha value is -3.30. The van der Waals surface area contributed by atoms with E-state index in [4.69, 9.17) is 21.1 Å². The van der Waals surface area contributed by atoms with Gasteiger partial charge in [-0.25, -0.2) is 13.4 Å². The highest BCUT2D eigenvalue weighted by molar-refractivity contribution is 7.92. The Labute approximate surface area is 277 Å². The molecular weight excluding hydrogens is 654 g/mol. The number of rotatable bonds is 12. The molecular formula is C31H38ClN5O7S2. The number of halogens is 1. The van der Waals surface area contributed by atoms with Crippen molar-refractivity contribution >= 4 is 56.1 Å². The van der Waals surface area contributed by atoms with E-state index in [2.05, 4.69) is 15.6 Å². The van der Waals surface area contributed by atoms with Gasteiger partial charge in [0.05, 0.1) is 32.8 Å². The summed E-state index contributed by atoms with van der Waals surface area (Å²) >= 11 is 7.82. The highest BCUT2D eigenvalue weighted by Gasteiger charge is 2.56. The molecule has 12 nitrogen and oxygen atoms in total. The van der Waals surface area contributed by atoms with Crippen LogP contribution >= 0.6 is 22.9 Å². The normalized spacial score (nSPS) is 22.7. The number of aryl methyl sites for hydroxylation is 1. The molecule has 1 saturated carbocycles. The molecule has 0 spiro atoms. The summed E-state index contributed by atoms with van der Waals surface area (Å²) in [6, 6.07) is 8.13. The minimum atomic E-state index is -4.32. The van der Waals surface area contributed by atoms with Gasteiger partial charge < -0.3 is 20.1 Å². The van der Waals surface area contributed by atoms with Crippen LogP contribution in [0.4, 0.5) is 17.2 Å². The third kappa shape index (κ3) is 6.72. The van der Waals surface area contributed by atoms with Crippen molar-refractivity contribution in [2.75, 3.05) is 16.2 Å². The number of hydrogen-bond donors (Lipinski definition) is 2. The van der Waals surface area contributed by atoms with E-state index >= 15 is 0 Å². The van der Waals surface area contributed by atoms with Crippen LogP contribution in [0, 0.1) is 23.0 Å². The van der Waals surface area contributed by atoms with Crippen LogP contribution in [0.15, 0.2) is 52.9 Å². The van der Waals surface area contributed by atoms with E-state index in [-0.39, 0.29) is 35.1 Å². The lowest BCUT2D eigenvalue weighted by atomic mass is 10.0. The fourth-order valence-electron chi connectivity index (χ4n) is 6.19. The molecule has 1 saturated heterocycles. The molecule has 1 amide bonds. The van der Waals surface area contributed by atoms with Crippen molar-refractivity contribution in [3.63, 3.8) is 0 Å². The number of sulfonamides is 1. The molecule has 2 fully saturated rings. The van der Waals surface area contributed by atoms with Gasteiger partial charge in [-0.2, -0.15) is 0 Å². The quantitative estimate of drug-likeness (QED) is 0.180. The lowest BCUT2D eigenvalue weighted by molar-refractivity contribution is -0.383. The molecule has 5 atom stereocenters. The van der Waals surface area contributed by atoms with Crippen LogP contribution < -0.4 is 14.9 Å². The smallest absolute Gasteiger partial charge is 0.335 e. The molecule has 0 bridgehead atoms. The molecule has 1 aromatic carbocycles. The Kier molecular flexibility index (Phi) is 9.94. The average molecular weight is 692 g/mol. The van der Waals surface area contributed by atoms with Crippen LogP contribution in [0.1, 0.15) is 51.0 Å². The van der Waals surface area contributed by atoms with Gasteiger partial charge >= 0.3 is 5.69 Å². The molecule has 0 radical (unpaired) electrons. The van der Waals surface area contributed by atoms with Gasteiger partial charge in [0.25, 0.3) is 10.0 Å². The number of nitrogens with zero attached hydrogens (tertiary/aromatic N) is 3. The molecule has 2 aliphatic rings. The number of pyridine rings is 1. The summed E-state index contributed by atoms with van der Waals surface area (Å²) in [6.07, 6.45) is 0.991. The summed E-state index contributed by atoms with van der Waals surface area (Å²) in [5.74, 6) is -1.88. The minimum Gasteiger partial charge on any atom is -0.359 e. The fraction of sp³-hybridized carbons (Fsp3) is 0.484. The van der Waals surface area contributed by atoms with Crippen molar-refractivity contribution in [2.45, 2.75) is 88.9 Å². The van der Waals surface area contributed by atoms with Crippen LogP contribution in [0.25, 0.3) is 0 Å². The topological polar surface area (TPSA) is 153 Å². The maximum atomic E-state index is 14.4. The van der Waals surface area contributed by atoms with E-state index < -0.39 is 56.6 Å². The number of fused-ring (bicyclic) bond motifs is 1. The van der Waals surface area contributed by atoms with Gasteiger partial charge in [-0.3, -0.25) is 19.2 Å². The number of ether oxygens (including phenoxy) is 2. The molecule has 5 rings (SSSR count). The molecule has 1 aliphatic carbocycles. The first-order valence-electron chi connectivity index (χ1n) is 15.1. The molecule has 46 heavy (non-hydrogen) atoms. The van der Waals surface area contributed by atoms with Crippen molar-refractivity contribution in [2.24, 2.45) is 5.92 Å². The standard InChI is InChI=1S/C31H38ClN5O7S2/c1-6-19(16-25-22(32)13-15-45-25)36(46(41,42)20-10-8-18(3)9-11-20)24-12-14-34-29(26(24)37(39)40)35-23-17-21(30(38)33-7-2)27-28(23)44-31(4,5)43-27/h8-15,19,21,23,27-28H,6-7,16-17H2,1-5H3,(H,33,38)(H,34,35). The zero-order valence-electron chi connectivity index (χ0n) is 26.2. The number of thiophene rings is 1. The highest BCUT2D eigenvalue weighted by Crippen LogP contribution is 2.45. The maximum Gasteiger partial charge on any atom is 0.335 e. The van der Waals surface area contributed by atoms with Crippen molar-refractivity contribution in [3.8, 4) is 0 Å². The number of carbonyl (C=O) groups excluding carboxylic acids is 1. The molecule has 3 aromatic rings. The largest absolute Gasteiger partial charge is 0.359 e. The van der Waals surface area contributed by atoms with Crippen LogP contribution in [0.5, 0.6) is 0 Å². The van der Waals surface area contributed by atoms with Crippen molar-refractivity contribution in [3.05, 3.63) is 73.6 Å². The summed E-state index contributed by atoms with van der Waals surface area (Å²) in [7, 11) is -4.32. The Morgan fingerprint density at radius 3 is 2.50 bits per heavy atom. The summed E-state index contributed by atoms with van der Waals surface area (Å²) < 4.78 is 42.3. The van der Waals surface area contributed by atoms with Crippen molar-refractivity contribution in [1.82, 2.24) is 10.3 Å². The minimum absolute atomic E-state index is 0.00315. The van der Waals surface area contributed by atoms with E-state index in [0.29, 0.717) is 18.0 Å². The van der Waals surface area contributed by atoms with Gasteiger partial charge in [0.1, 0.15) is 17.9 Å². The maximum absolute atomic E-state index is 14.4. The van der Waals surface area contributed by atoms with Crippen LogP contribution in [0.2, 0.25) is 5.02 Å². The second-order valence-electron chi connectivity index (χ2n) is 11.9. The second-order valence-corrected chi connectivity index (χ2v) is 15.1. The zero-order valence-corrected chi connectivity index (χ0v) is 28.6. The number of hydrogen-bond acceptors (Lipinski definition) is 10. The van der Waals surface area contributed by atoms with Crippen LogP contribution in [-0.4, -0.2) is 60.9 Å². The first-order chi connectivity index (χ1) is 21.8. The van der Waals surface area contributed by atoms with Gasteiger partial charge in [-0.15, -0.1) is 11.3 Å². The third-order valence-corrected chi connectivity index (χ3v) is 11.6. The van der Waals surface area contributed by atoms with Gasteiger partial charge in [0.15, 0.2) is 5.79 Å². The second kappa shape index (κ2) is 13.4. The first-order valence-corrected chi connectivity index (χ1v) is 17.8. The molecule has 2 aromatic heterocycles. The van der Waals surface area contributed by atoms with Gasteiger partial charge in [-0.1, -0.05) is 36.2 Å². The van der Waals surface area contributed by atoms with E-state index in [9.17, 15) is 23.3 Å². The monoisotopic (exact) mass is 691 g/mol. The molecule has 2 N–H and O–H groups in total. The van der Waals surface area contributed by atoms with Crippen LogP contribution in [0.3, 0.4) is 0 Å². The number of nitrogens with one attached hydrogen (secondary N) is 2. The summed E-state index contributed by atoms with van der Waals surface area (Å²) in [5, 5.41) is 21.2. The predicted molar refractivity (Wildman–Crippen MR) is 177 cm³/mol. The number of carbonyl (C=O) groups is 1. The number of aromatic nitrogens is 1. The zero-order chi connectivity index (χ0) is 33.4. The lowest BCUT2D eigenvalue weighted by Crippen LogP contribution is -2.42. The Bertz CT molecular complexity index is 1700. The van der Waals surface area contributed by atoms with Gasteiger partial charge in [0.2, 0.25) is 11.7 Å². The van der Waals surface area contributed by atoms with Gasteiger partial charge in [-0.05, 0) is 70.2 Å². The predicted octanol–water partition coefficient (Wildman–Crippen LogP) is 5.69. The SMILES string of the molecule is CCNC(=O)C1CC(Nc2nccc(N(C(CC)Cc3sccc3Cl)S(=O)(=O)c3ccc(C)cc3)c2[N+](=O)[O-])C2OC(C)(C)OC12. The van der Waals surface area contributed by atoms with Gasteiger partial charge in [0, 0.05) is 24.0 Å². The average Bonchev–Trinajstić information content (AvgIpc) is 3.65. The number of anilines is 2. The van der Waals surface area contributed by atoms with Crippen LogP contribution in [-0.2, 0) is 30.7 Å². The van der Waals surface area contributed by atoms with Crippen molar-refractivity contribution < 1.29 is 27.6 Å². The molecule has 3 heterocycles. The Morgan fingerprint density at radius 1 is 1.20 bits per heavy atom. The summed E-state index contributed by atoms with van der Waals surface area (Å²) in [4.78, 5) is 30.3. The Balaban J connectivity index is 1.60. The summed E-state index contributed by atoms with van der Waals surface area (Å²) in [6.45, 7) is 9.42. The summed E-state index contributed by atoms with van der Waals surface area (Å²) in [5.41, 5.74) is 0.220. The van der Waals surface area contributed by atoms with E-state index in [0.717, 1.165) is 14.7 Å². The molecule has 15 heteroatoms. The first kappa shape index (κ1) is 34.0. The number of nitro groups is 1. The number of benzene rings is 1. The lowest BCUT2D eigenvalue weighted by Gasteiger charge is -2.32. The third-order valence-electron chi connectivity index (χ3n) is 8.29. The highest BCUT2D eigenvalue weighted by atomic mass is 35.5. The van der Waals surface area contributed by atoms with E-state index in [1.54, 1.807) is 32.0 Å². The number of amides is 1. The molecule has 1 aliphatic heterocycles. The Morgan fingerprint density at radius 2 is 1.89 bits per heavy atom. The molecule has 5 unspecified atom stereocenters. The van der Waals surface area contributed by atoms with Crippen molar-refractivity contribution in [1.29, 1.82) is 0 Å². The fourth-order valence-corrected chi connectivity index (χ4v) is 9.11. The van der Waals surface area contributed by atoms with E-state index in [1.807, 2.05) is 26.2 Å². The molecule has 248 valence electrons. The van der Waals surface area contributed by atoms with E-state index in [1.165, 1.54) is 35.7 Å².